The van der Waals surface area contributed by atoms with Gasteiger partial charge in [0.2, 0.25) is 0 Å². The van der Waals surface area contributed by atoms with Crippen LogP contribution in [-0.2, 0) is 9.59 Å². The number of ketones is 1. The number of hydrogen-bond acceptors (Lipinski definition) is 3. The number of nitrogens with one attached hydrogen (secondary N) is 3. The highest BCUT2D eigenvalue weighted by Crippen LogP contribution is 2.09. The second kappa shape index (κ2) is 8.29. The largest absolute Gasteiger partial charge is 0.349 e. The van der Waals surface area contributed by atoms with Gasteiger partial charge in [-0.2, -0.15) is 0 Å². The lowest BCUT2D eigenvalue weighted by molar-refractivity contribution is -0.862. The van der Waals surface area contributed by atoms with E-state index in [0.717, 1.165) is 4.90 Å². The molecule has 0 saturated heterocycles. The molecule has 2 amide bonds. The Kier molecular flexibility index (Phi) is 6.72. The van der Waals surface area contributed by atoms with Gasteiger partial charge in [-0.3, -0.25) is 14.4 Å². The fourth-order valence-corrected chi connectivity index (χ4v) is 1.98. The first-order valence-corrected chi connectivity index (χ1v) is 7.29. The molecule has 22 heavy (non-hydrogen) atoms. The van der Waals surface area contributed by atoms with Gasteiger partial charge in [-0.05, 0) is 45.0 Å². The molecule has 1 atom stereocenters. The number of Topliss-reactive ketones (excluding diaryl/α,β-unsaturated/α-hetero) is 1. The van der Waals surface area contributed by atoms with Crippen molar-refractivity contribution in [1.82, 2.24) is 5.32 Å². The second-order valence-electron chi connectivity index (χ2n) is 5.71. The first-order chi connectivity index (χ1) is 10.3. The summed E-state index contributed by atoms with van der Waals surface area (Å²) < 4.78 is 0. The Morgan fingerprint density at radius 3 is 2.09 bits per heavy atom. The van der Waals surface area contributed by atoms with E-state index < -0.39 is 0 Å². The number of rotatable bonds is 7. The van der Waals surface area contributed by atoms with Gasteiger partial charge < -0.3 is 15.5 Å². The van der Waals surface area contributed by atoms with Crippen molar-refractivity contribution >= 4 is 23.3 Å². The fourth-order valence-electron chi connectivity index (χ4n) is 1.98. The molecule has 1 rings (SSSR count). The molecule has 0 aliphatic carbocycles. The maximum absolute atomic E-state index is 11.9. The molecule has 0 saturated carbocycles. The van der Waals surface area contributed by atoms with Gasteiger partial charge in [-0.25, -0.2) is 0 Å². The van der Waals surface area contributed by atoms with Gasteiger partial charge in [0.05, 0.1) is 7.05 Å². The summed E-state index contributed by atoms with van der Waals surface area (Å²) in [5.41, 5.74) is 1.24. The van der Waals surface area contributed by atoms with Crippen LogP contribution in [0.4, 0.5) is 5.69 Å². The number of hydrogen-bond donors (Lipinski definition) is 3. The minimum atomic E-state index is -0.176. The molecular formula is C16H24N3O3+. The van der Waals surface area contributed by atoms with Crippen LogP contribution in [0.3, 0.4) is 0 Å². The Bertz CT molecular complexity index is 538. The number of amides is 2. The number of carbonyl (C=O) groups excluding carboxylic acids is 3. The van der Waals surface area contributed by atoms with Crippen molar-refractivity contribution in [2.75, 3.05) is 25.5 Å². The molecular weight excluding hydrogens is 282 g/mol. The number of benzene rings is 1. The summed E-state index contributed by atoms with van der Waals surface area (Å²) >= 11 is 0. The van der Waals surface area contributed by atoms with Gasteiger partial charge in [-0.15, -0.1) is 0 Å². The smallest absolute Gasteiger partial charge is 0.279 e. The van der Waals surface area contributed by atoms with Crippen molar-refractivity contribution in [3.05, 3.63) is 29.8 Å². The van der Waals surface area contributed by atoms with Crippen LogP contribution in [0, 0.1) is 0 Å². The molecule has 0 aromatic heterocycles. The molecule has 120 valence electrons. The lowest BCUT2D eigenvalue weighted by Gasteiger charge is -2.15. The van der Waals surface area contributed by atoms with E-state index in [2.05, 4.69) is 10.6 Å². The molecule has 1 aromatic carbocycles. The van der Waals surface area contributed by atoms with Crippen LogP contribution >= 0.6 is 0 Å². The van der Waals surface area contributed by atoms with Crippen LogP contribution in [0.25, 0.3) is 0 Å². The van der Waals surface area contributed by atoms with Gasteiger partial charge in [0.15, 0.2) is 18.9 Å². The SMILES string of the molecule is CC(=O)c1ccc(NC(=O)C[NH+](C)CC(=O)NC(C)C)cc1. The summed E-state index contributed by atoms with van der Waals surface area (Å²) in [7, 11) is 1.79. The monoisotopic (exact) mass is 306 g/mol. The zero-order valence-corrected chi connectivity index (χ0v) is 13.5. The van der Waals surface area contributed by atoms with E-state index in [9.17, 15) is 14.4 Å². The van der Waals surface area contributed by atoms with Crippen molar-refractivity contribution < 1.29 is 19.3 Å². The Morgan fingerprint density at radius 2 is 1.59 bits per heavy atom. The van der Waals surface area contributed by atoms with Crippen LogP contribution in [0.5, 0.6) is 0 Å². The third-order valence-electron chi connectivity index (χ3n) is 2.95. The van der Waals surface area contributed by atoms with Gasteiger partial charge >= 0.3 is 0 Å². The maximum Gasteiger partial charge on any atom is 0.279 e. The zero-order chi connectivity index (χ0) is 16.7. The number of carbonyl (C=O) groups is 3. The van der Waals surface area contributed by atoms with Crippen molar-refractivity contribution in [3.8, 4) is 0 Å². The minimum Gasteiger partial charge on any atom is -0.349 e. The van der Waals surface area contributed by atoms with Crippen LogP contribution in [0.2, 0.25) is 0 Å². The van der Waals surface area contributed by atoms with E-state index in [1.807, 2.05) is 13.8 Å². The molecule has 0 aliphatic rings. The van der Waals surface area contributed by atoms with Crippen LogP contribution < -0.4 is 15.5 Å². The quantitative estimate of drug-likeness (QED) is 0.614. The number of likely N-dealkylation sites (N-methyl/N-ethyl adjacent to an activating group) is 1. The van der Waals surface area contributed by atoms with E-state index in [-0.39, 0.29) is 36.7 Å². The molecule has 0 spiro atoms. The second-order valence-corrected chi connectivity index (χ2v) is 5.71. The molecule has 0 heterocycles. The van der Waals surface area contributed by atoms with Gasteiger partial charge in [0.25, 0.3) is 11.8 Å². The van der Waals surface area contributed by atoms with E-state index >= 15 is 0 Å². The predicted molar refractivity (Wildman–Crippen MR) is 85.0 cm³/mol. The standard InChI is InChI=1S/C16H23N3O3/c1-11(2)17-15(21)9-19(4)10-16(22)18-14-7-5-13(6-8-14)12(3)20/h5-8,11H,9-10H2,1-4H3,(H,17,21)(H,18,22)/p+1. The normalized spacial score (nSPS) is 11.9. The molecule has 0 bridgehead atoms. The van der Waals surface area contributed by atoms with Crippen molar-refractivity contribution in [3.63, 3.8) is 0 Å². The minimum absolute atomic E-state index is 0.0155. The van der Waals surface area contributed by atoms with E-state index in [0.29, 0.717) is 11.3 Å². The summed E-state index contributed by atoms with van der Waals surface area (Å²) in [6.07, 6.45) is 0. The van der Waals surface area contributed by atoms with Crippen molar-refractivity contribution in [2.45, 2.75) is 26.8 Å². The van der Waals surface area contributed by atoms with Crippen LogP contribution in [-0.4, -0.2) is 43.8 Å². The zero-order valence-electron chi connectivity index (χ0n) is 13.5. The summed E-state index contributed by atoms with van der Waals surface area (Å²) in [4.78, 5) is 35.5. The topological polar surface area (TPSA) is 79.7 Å². The Morgan fingerprint density at radius 1 is 1.05 bits per heavy atom. The summed E-state index contributed by atoms with van der Waals surface area (Å²) in [6, 6.07) is 6.81. The average Bonchev–Trinajstić information content (AvgIpc) is 2.37. The van der Waals surface area contributed by atoms with Gasteiger partial charge in [0.1, 0.15) is 0 Å². The molecule has 3 N–H and O–H groups in total. The van der Waals surface area contributed by atoms with E-state index in [1.54, 1.807) is 31.3 Å². The van der Waals surface area contributed by atoms with E-state index in [1.165, 1.54) is 6.92 Å². The first kappa shape index (κ1) is 17.8. The molecule has 0 radical (unpaired) electrons. The van der Waals surface area contributed by atoms with Crippen molar-refractivity contribution in [2.24, 2.45) is 0 Å². The van der Waals surface area contributed by atoms with Crippen LogP contribution in [0.15, 0.2) is 24.3 Å². The highest BCUT2D eigenvalue weighted by molar-refractivity contribution is 5.95. The third-order valence-corrected chi connectivity index (χ3v) is 2.95. The van der Waals surface area contributed by atoms with E-state index in [4.69, 9.17) is 0 Å². The highest BCUT2D eigenvalue weighted by atomic mass is 16.2. The van der Waals surface area contributed by atoms with Crippen LogP contribution in [0.1, 0.15) is 31.1 Å². The summed E-state index contributed by atoms with van der Waals surface area (Å²) in [5.74, 6) is -0.269. The molecule has 0 fully saturated rings. The average molecular weight is 306 g/mol. The predicted octanol–water partition coefficient (Wildman–Crippen LogP) is -0.133. The Hall–Kier alpha value is -2.21. The number of anilines is 1. The molecule has 1 unspecified atom stereocenters. The fraction of sp³-hybridized carbons (Fsp3) is 0.438. The molecule has 6 heteroatoms. The first-order valence-electron chi connectivity index (χ1n) is 7.29. The maximum atomic E-state index is 11.9. The molecule has 1 aromatic rings. The Labute approximate surface area is 130 Å². The lowest BCUT2D eigenvalue weighted by Crippen LogP contribution is -3.11. The summed E-state index contributed by atoms with van der Waals surface area (Å²) in [6.45, 7) is 5.72. The molecule has 0 aliphatic heterocycles. The highest BCUT2D eigenvalue weighted by Gasteiger charge is 2.14. The van der Waals surface area contributed by atoms with Crippen molar-refractivity contribution in [1.29, 1.82) is 0 Å². The molecule has 6 nitrogen and oxygen atoms in total. The summed E-state index contributed by atoms with van der Waals surface area (Å²) in [5, 5.41) is 5.54. The third kappa shape index (κ3) is 6.49. The lowest BCUT2D eigenvalue weighted by atomic mass is 10.1. The number of quaternary nitrogens is 1. The van der Waals surface area contributed by atoms with Gasteiger partial charge in [0, 0.05) is 17.3 Å². The van der Waals surface area contributed by atoms with Gasteiger partial charge in [-0.1, -0.05) is 0 Å². The Balaban J connectivity index is 2.45.